The molecule has 3 rings (SSSR count). The largest absolute Gasteiger partial charge is 0.452 e. The van der Waals surface area contributed by atoms with Gasteiger partial charge < -0.3 is 10.1 Å². The molecule has 3 aromatic rings. The van der Waals surface area contributed by atoms with Gasteiger partial charge in [0.15, 0.2) is 6.61 Å². The molecule has 9 heteroatoms. The van der Waals surface area contributed by atoms with E-state index in [2.05, 4.69) is 10.4 Å². The predicted molar refractivity (Wildman–Crippen MR) is 103 cm³/mol. The van der Waals surface area contributed by atoms with Crippen LogP contribution in [0.3, 0.4) is 0 Å². The number of anilines is 1. The molecule has 1 aromatic heterocycles. The van der Waals surface area contributed by atoms with Crippen molar-refractivity contribution in [2.45, 2.75) is 13.8 Å². The first-order valence-electron chi connectivity index (χ1n) is 8.50. The van der Waals surface area contributed by atoms with E-state index in [-0.39, 0.29) is 11.3 Å². The minimum atomic E-state index is -0.926. The van der Waals surface area contributed by atoms with Crippen LogP contribution in [0.1, 0.15) is 21.7 Å². The number of halogens is 3. The van der Waals surface area contributed by atoms with Gasteiger partial charge in [0.25, 0.3) is 5.91 Å². The molecule has 1 N–H and O–H groups in total. The Labute approximate surface area is 170 Å². The van der Waals surface area contributed by atoms with E-state index in [0.717, 1.165) is 17.8 Å². The number of carbonyl (C=O) groups excluding carboxylic acids is 2. The third-order valence-electron chi connectivity index (χ3n) is 4.09. The number of amides is 1. The molecule has 0 unspecified atom stereocenters. The molecule has 0 aliphatic carbocycles. The second-order valence-corrected chi connectivity index (χ2v) is 6.57. The molecule has 1 amide bonds. The second-order valence-electron chi connectivity index (χ2n) is 6.19. The fourth-order valence-electron chi connectivity index (χ4n) is 2.61. The van der Waals surface area contributed by atoms with Crippen LogP contribution in [0.4, 0.5) is 14.5 Å². The Morgan fingerprint density at radius 2 is 1.83 bits per heavy atom. The molecule has 0 aliphatic heterocycles. The summed E-state index contributed by atoms with van der Waals surface area (Å²) in [6, 6.07) is 9.11. The summed E-state index contributed by atoms with van der Waals surface area (Å²) in [4.78, 5) is 23.9. The zero-order chi connectivity index (χ0) is 21.1. The number of nitrogens with zero attached hydrogens (tertiary/aromatic N) is 2. The summed E-state index contributed by atoms with van der Waals surface area (Å²) < 4.78 is 33.0. The standard InChI is InChI=1S/C20H16ClF2N3O3/c1-11-19(21)12(2)26(25-11)15-6-3-13(4-7-15)20(28)29-10-18(27)24-17-8-5-14(22)9-16(17)23/h3-9H,10H2,1-2H3,(H,24,27). The second kappa shape index (κ2) is 8.40. The van der Waals surface area contributed by atoms with Gasteiger partial charge >= 0.3 is 5.97 Å². The van der Waals surface area contributed by atoms with Crippen LogP contribution in [0, 0.1) is 25.5 Å². The van der Waals surface area contributed by atoms with Gasteiger partial charge in [-0.05, 0) is 50.2 Å². The van der Waals surface area contributed by atoms with Crippen molar-refractivity contribution < 1.29 is 23.1 Å². The van der Waals surface area contributed by atoms with Gasteiger partial charge in [-0.1, -0.05) is 11.6 Å². The summed E-state index contributed by atoms with van der Waals surface area (Å²) in [6.07, 6.45) is 0. The monoisotopic (exact) mass is 419 g/mol. The third kappa shape index (κ3) is 4.60. The number of aryl methyl sites for hydroxylation is 1. The van der Waals surface area contributed by atoms with Crippen molar-refractivity contribution in [3.05, 3.63) is 76.1 Å². The Balaban J connectivity index is 1.60. The zero-order valence-electron chi connectivity index (χ0n) is 15.5. The van der Waals surface area contributed by atoms with Gasteiger partial charge in [0, 0.05) is 6.07 Å². The van der Waals surface area contributed by atoms with E-state index >= 15 is 0 Å². The lowest BCUT2D eigenvalue weighted by atomic mass is 10.2. The maximum atomic E-state index is 13.5. The van der Waals surface area contributed by atoms with Gasteiger partial charge in [-0.3, -0.25) is 4.79 Å². The average Bonchev–Trinajstić information content (AvgIpc) is 2.96. The molecule has 0 atom stereocenters. The molecule has 0 spiro atoms. The third-order valence-corrected chi connectivity index (χ3v) is 4.64. The van der Waals surface area contributed by atoms with Gasteiger partial charge in [-0.2, -0.15) is 5.10 Å². The Morgan fingerprint density at radius 3 is 2.41 bits per heavy atom. The van der Waals surface area contributed by atoms with Crippen molar-refractivity contribution in [1.82, 2.24) is 9.78 Å². The number of hydrogen-bond acceptors (Lipinski definition) is 4. The van der Waals surface area contributed by atoms with Crippen LogP contribution in [0.2, 0.25) is 5.02 Å². The number of benzene rings is 2. The molecule has 0 fully saturated rings. The molecular formula is C20H16ClF2N3O3. The van der Waals surface area contributed by atoms with E-state index in [1.54, 1.807) is 23.7 Å². The summed E-state index contributed by atoms with van der Waals surface area (Å²) in [5.41, 5.74) is 2.18. The maximum Gasteiger partial charge on any atom is 0.338 e. The Bertz CT molecular complexity index is 1080. The number of nitrogens with one attached hydrogen (secondary N) is 1. The number of carbonyl (C=O) groups is 2. The van der Waals surface area contributed by atoms with Crippen LogP contribution < -0.4 is 5.32 Å². The highest BCUT2D eigenvalue weighted by molar-refractivity contribution is 6.31. The van der Waals surface area contributed by atoms with Crippen molar-refractivity contribution in [2.75, 3.05) is 11.9 Å². The molecule has 1 heterocycles. The molecule has 29 heavy (non-hydrogen) atoms. The lowest BCUT2D eigenvalue weighted by Gasteiger charge is -2.08. The SMILES string of the molecule is Cc1nn(-c2ccc(C(=O)OCC(=O)Nc3ccc(F)cc3F)cc2)c(C)c1Cl. The topological polar surface area (TPSA) is 73.2 Å². The first-order chi connectivity index (χ1) is 13.8. The molecule has 0 saturated carbocycles. The van der Waals surface area contributed by atoms with Crippen molar-refractivity contribution in [3.63, 3.8) is 0 Å². The highest BCUT2D eigenvalue weighted by Gasteiger charge is 2.14. The molecule has 0 aliphatic rings. The molecule has 0 radical (unpaired) electrons. The summed E-state index contributed by atoms with van der Waals surface area (Å²) in [6.45, 7) is 3.00. The van der Waals surface area contributed by atoms with Crippen molar-refractivity contribution in [3.8, 4) is 5.69 Å². The first kappa shape index (κ1) is 20.5. The number of aromatic nitrogens is 2. The summed E-state index contributed by atoms with van der Waals surface area (Å²) in [5.74, 6) is -3.17. The summed E-state index contributed by atoms with van der Waals surface area (Å²) >= 11 is 6.14. The first-order valence-corrected chi connectivity index (χ1v) is 8.88. The minimum absolute atomic E-state index is 0.208. The van der Waals surface area contributed by atoms with Crippen LogP contribution >= 0.6 is 11.6 Å². The van der Waals surface area contributed by atoms with Gasteiger partial charge in [-0.15, -0.1) is 0 Å². The number of esters is 1. The van der Waals surface area contributed by atoms with Crippen LogP contribution in [-0.4, -0.2) is 28.3 Å². The number of hydrogen-bond donors (Lipinski definition) is 1. The maximum absolute atomic E-state index is 13.5. The molecule has 2 aromatic carbocycles. The highest BCUT2D eigenvalue weighted by Crippen LogP contribution is 2.22. The lowest BCUT2D eigenvalue weighted by molar-refractivity contribution is -0.119. The van der Waals surface area contributed by atoms with Crippen molar-refractivity contribution in [2.24, 2.45) is 0 Å². The van der Waals surface area contributed by atoms with Crippen molar-refractivity contribution in [1.29, 1.82) is 0 Å². The van der Waals surface area contributed by atoms with E-state index in [1.807, 2.05) is 6.92 Å². The van der Waals surface area contributed by atoms with Crippen LogP contribution in [0.25, 0.3) is 5.69 Å². The van der Waals surface area contributed by atoms with Crippen molar-refractivity contribution >= 4 is 29.2 Å². The highest BCUT2D eigenvalue weighted by atomic mass is 35.5. The van der Waals surface area contributed by atoms with Gasteiger partial charge in [-0.25, -0.2) is 18.3 Å². The Hall–Kier alpha value is -3.26. The normalized spacial score (nSPS) is 10.7. The predicted octanol–water partition coefficient (Wildman–Crippen LogP) is 4.22. The molecular weight excluding hydrogens is 404 g/mol. The number of ether oxygens (including phenoxy) is 1. The molecule has 0 saturated heterocycles. The average molecular weight is 420 g/mol. The van der Waals surface area contributed by atoms with Gasteiger partial charge in [0.05, 0.1) is 33.3 Å². The van der Waals surface area contributed by atoms with E-state index in [0.29, 0.717) is 22.5 Å². The number of rotatable bonds is 5. The Kier molecular flexibility index (Phi) is 5.93. The van der Waals surface area contributed by atoms with E-state index in [4.69, 9.17) is 16.3 Å². The lowest BCUT2D eigenvalue weighted by Crippen LogP contribution is -2.21. The Morgan fingerprint density at radius 1 is 1.14 bits per heavy atom. The van der Waals surface area contributed by atoms with E-state index in [1.165, 1.54) is 12.1 Å². The summed E-state index contributed by atoms with van der Waals surface area (Å²) in [7, 11) is 0. The smallest absolute Gasteiger partial charge is 0.338 e. The molecule has 6 nitrogen and oxygen atoms in total. The summed E-state index contributed by atoms with van der Waals surface area (Å²) in [5, 5.41) is 7.10. The fraction of sp³-hybridized carbons (Fsp3) is 0.150. The van der Waals surface area contributed by atoms with Crippen LogP contribution in [-0.2, 0) is 9.53 Å². The molecule has 0 bridgehead atoms. The van der Waals surface area contributed by atoms with Gasteiger partial charge in [0.1, 0.15) is 11.6 Å². The van der Waals surface area contributed by atoms with Crippen LogP contribution in [0.15, 0.2) is 42.5 Å². The fourth-order valence-corrected chi connectivity index (χ4v) is 2.72. The van der Waals surface area contributed by atoms with Gasteiger partial charge in [0.2, 0.25) is 0 Å². The quantitative estimate of drug-likeness (QED) is 0.628. The minimum Gasteiger partial charge on any atom is -0.452 e. The van der Waals surface area contributed by atoms with E-state index in [9.17, 15) is 18.4 Å². The zero-order valence-corrected chi connectivity index (χ0v) is 16.3. The van der Waals surface area contributed by atoms with Crippen LogP contribution in [0.5, 0.6) is 0 Å². The van der Waals surface area contributed by atoms with E-state index < -0.39 is 30.1 Å². The molecule has 150 valence electrons.